The van der Waals surface area contributed by atoms with Gasteiger partial charge in [0, 0.05) is 13.6 Å². The number of nitrogens with one attached hydrogen (secondary N) is 3. The fourth-order valence-corrected chi connectivity index (χ4v) is 2.44. The van der Waals surface area contributed by atoms with Crippen molar-refractivity contribution in [3.8, 4) is 0 Å². The number of hydrogen-bond acceptors (Lipinski definition) is 2. The number of amides is 1. The highest BCUT2D eigenvalue weighted by Gasteiger charge is 2.08. The monoisotopic (exact) mass is 338 g/mol. The second-order valence-electron chi connectivity index (χ2n) is 5.79. The molecular weight excluding hydrogens is 312 g/mol. The molecule has 0 bridgehead atoms. The number of carbonyl (C=O) groups is 1. The third-order valence-corrected chi connectivity index (χ3v) is 3.87. The van der Waals surface area contributed by atoms with Crippen molar-refractivity contribution in [2.24, 2.45) is 4.99 Å². The van der Waals surface area contributed by atoms with Crippen LogP contribution in [0.25, 0.3) is 0 Å². The summed E-state index contributed by atoms with van der Waals surface area (Å²) >= 11 is 0. The van der Waals surface area contributed by atoms with Gasteiger partial charge in [-0.15, -0.1) is 0 Å². The van der Waals surface area contributed by atoms with Gasteiger partial charge in [0.2, 0.25) is 5.91 Å². The van der Waals surface area contributed by atoms with Crippen molar-refractivity contribution >= 4 is 11.9 Å². The molecule has 0 fully saturated rings. The van der Waals surface area contributed by atoms with Crippen molar-refractivity contribution in [1.82, 2.24) is 16.0 Å². The molecule has 1 amide bonds. The highest BCUT2D eigenvalue weighted by atomic mass is 16.1. The van der Waals surface area contributed by atoms with Crippen LogP contribution in [0.3, 0.4) is 0 Å². The average Bonchev–Trinajstić information content (AvgIpc) is 2.66. The summed E-state index contributed by atoms with van der Waals surface area (Å²) in [4.78, 5) is 16.1. The third kappa shape index (κ3) is 6.67. The molecule has 0 aromatic heterocycles. The molecule has 0 spiro atoms. The number of aliphatic imine (C=N–C) groups is 1. The molecule has 0 aliphatic carbocycles. The predicted octanol–water partition coefficient (Wildman–Crippen LogP) is 2.27. The number of carbonyl (C=O) groups excluding carboxylic acids is 1. The van der Waals surface area contributed by atoms with E-state index in [9.17, 15) is 4.79 Å². The maximum absolute atomic E-state index is 12.0. The summed E-state index contributed by atoms with van der Waals surface area (Å²) in [6, 6.07) is 20.3. The van der Waals surface area contributed by atoms with Gasteiger partial charge in [-0.3, -0.25) is 9.79 Å². The first-order chi connectivity index (χ1) is 12.2. The fraction of sp³-hybridized carbons (Fsp3) is 0.300. The molecule has 25 heavy (non-hydrogen) atoms. The zero-order chi connectivity index (χ0) is 17.9. The Bertz CT molecular complexity index is 671. The second-order valence-corrected chi connectivity index (χ2v) is 5.79. The summed E-state index contributed by atoms with van der Waals surface area (Å²) < 4.78 is 0. The molecule has 3 N–H and O–H groups in total. The molecule has 1 unspecified atom stereocenters. The Morgan fingerprint density at radius 2 is 1.64 bits per heavy atom. The molecule has 2 aromatic carbocycles. The topological polar surface area (TPSA) is 65.5 Å². The molecule has 2 rings (SSSR count). The average molecular weight is 338 g/mol. The van der Waals surface area contributed by atoms with E-state index in [1.165, 1.54) is 5.56 Å². The first kappa shape index (κ1) is 18.5. The van der Waals surface area contributed by atoms with Crippen LogP contribution in [0.2, 0.25) is 0 Å². The van der Waals surface area contributed by atoms with Crippen LogP contribution in [0.5, 0.6) is 0 Å². The molecular formula is C20H26N4O. The van der Waals surface area contributed by atoms with Crippen LogP contribution in [0.1, 0.15) is 24.1 Å². The summed E-state index contributed by atoms with van der Waals surface area (Å²) in [6.07, 6.45) is 0.824. The number of guanidine groups is 1. The molecule has 5 nitrogen and oxygen atoms in total. The van der Waals surface area contributed by atoms with Crippen LogP contribution in [0, 0.1) is 0 Å². The van der Waals surface area contributed by atoms with Gasteiger partial charge in [-0.05, 0) is 24.5 Å². The minimum atomic E-state index is -0.0498. The van der Waals surface area contributed by atoms with E-state index in [1.54, 1.807) is 7.05 Å². The highest BCUT2D eigenvalue weighted by molar-refractivity contribution is 5.86. The molecule has 0 aliphatic heterocycles. The normalized spacial score (nSPS) is 12.3. The molecule has 0 saturated carbocycles. The zero-order valence-corrected chi connectivity index (χ0v) is 14.8. The smallest absolute Gasteiger partial charge is 0.239 e. The van der Waals surface area contributed by atoms with Gasteiger partial charge in [0.15, 0.2) is 5.96 Å². The molecule has 2 aromatic rings. The Kier molecular flexibility index (Phi) is 7.50. The van der Waals surface area contributed by atoms with Gasteiger partial charge in [0.25, 0.3) is 0 Å². The van der Waals surface area contributed by atoms with Gasteiger partial charge >= 0.3 is 0 Å². The van der Waals surface area contributed by atoms with Crippen molar-refractivity contribution in [3.63, 3.8) is 0 Å². The lowest BCUT2D eigenvalue weighted by molar-refractivity contribution is -0.119. The maximum atomic E-state index is 12.0. The van der Waals surface area contributed by atoms with Gasteiger partial charge in [-0.1, -0.05) is 60.7 Å². The van der Waals surface area contributed by atoms with Crippen LogP contribution >= 0.6 is 0 Å². The largest absolute Gasteiger partial charge is 0.354 e. The molecule has 0 heterocycles. The van der Waals surface area contributed by atoms with E-state index in [-0.39, 0.29) is 18.5 Å². The lowest BCUT2D eigenvalue weighted by Gasteiger charge is -2.18. The summed E-state index contributed by atoms with van der Waals surface area (Å²) in [6.45, 7) is 2.87. The summed E-state index contributed by atoms with van der Waals surface area (Å²) in [5, 5.41) is 9.24. The number of hydrogen-bond donors (Lipinski definition) is 3. The molecule has 1 atom stereocenters. The number of benzene rings is 2. The highest BCUT2D eigenvalue weighted by Crippen LogP contribution is 2.10. The van der Waals surface area contributed by atoms with Gasteiger partial charge in [0.05, 0.1) is 12.6 Å². The minimum absolute atomic E-state index is 0.0498. The van der Waals surface area contributed by atoms with Crippen LogP contribution in [0.4, 0.5) is 0 Å². The van der Waals surface area contributed by atoms with Crippen molar-refractivity contribution in [2.45, 2.75) is 19.4 Å². The van der Waals surface area contributed by atoms with Crippen LogP contribution < -0.4 is 16.0 Å². The van der Waals surface area contributed by atoms with E-state index in [4.69, 9.17) is 0 Å². The van der Waals surface area contributed by atoms with E-state index >= 15 is 0 Å². The van der Waals surface area contributed by atoms with E-state index in [2.05, 4.69) is 52.1 Å². The zero-order valence-electron chi connectivity index (χ0n) is 14.8. The predicted molar refractivity (Wildman–Crippen MR) is 103 cm³/mol. The Morgan fingerprint density at radius 3 is 2.28 bits per heavy atom. The summed E-state index contributed by atoms with van der Waals surface area (Å²) in [5.41, 5.74) is 2.38. The third-order valence-electron chi connectivity index (χ3n) is 3.87. The van der Waals surface area contributed by atoms with E-state index in [0.29, 0.717) is 12.5 Å². The quantitative estimate of drug-likeness (QED) is 0.536. The van der Waals surface area contributed by atoms with Gasteiger partial charge in [-0.2, -0.15) is 0 Å². The minimum Gasteiger partial charge on any atom is -0.354 e. The fourth-order valence-electron chi connectivity index (χ4n) is 2.44. The SMILES string of the molecule is CN=C(NCC(=O)NCCc1ccccc1)NC(C)c1ccccc1. The standard InChI is InChI=1S/C20H26N4O/c1-16(18-11-7-4-8-12-18)24-20(21-2)23-15-19(25)22-14-13-17-9-5-3-6-10-17/h3-12,16H,13-15H2,1-2H3,(H,22,25)(H2,21,23,24). The van der Waals surface area contributed by atoms with Crippen molar-refractivity contribution < 1.29 is 4.79 Å². The molecule has 0 saturated heterocycles. The lowest BCUT2D eigenvalue weighted by Crippen LogP contribution is -2.44. The summed E-state index contributed by atoms with van der Waals surface area (Å²) in [5.74, 6) is 0.556. The van der Waals surface area contributed by atoms with Crippen LogP contribution in [0.15, 0.2) is 65.7 Å². The van der Waals surface area contributed by atoms with E-state index in [0.717, 1.165) is 12.0 Å². The maximum Gasteiger partial charge on any atom is 0.239 e. The Labute approximate surface area is 149 Å². The molecule has 0 radical (unpaired) electrons. The van der Waals surface area contributed by atoms with Gasteiger partial charge in [-0.25, -0.2) is 0 Å². The Morgan fingerprint density at radius 1 is 1.00 bits per heavy atom. The van der Waals surface area contributed by atoms with Crippen LogP contribution in [-0.4, -0.2) is 32.0 Å². The summed E-state index contributed by atoms with van der Waals surface area (Å²) in [7, 11) is 1.69. The van der Waals surface area contributed by atoms with E-state index in [1.807, 2.05) is 36.4 Å². The molecule has 132 valence electrons. The van der Waals surface area contributed by atoms with Crippen molar-refractivity contribution in [2.75, 3.05) is 20.1 Å². The number of rotatable bonds is 7. The molecule has 5 heteroatoms. The first-order valence-corrected chi connectivity index (χ1v) is 8.52. The van der Waals surface area contributed by atoms with Crippen molar-refractivity contribution in [3.05, 3.63) is 71.8 Å². The van der Waals surface area contributed by atoms with E-state index < -0.39 is 0 Å². The Balaban J connectivity index is 1.70. The molecule has 0 aliphatic rings. The second kappa shape index (κ2) is 10.1. The van der Waals surface area contributed by atoms with Crippen molar-refractivity contribution in [1.29, 1.82) is 0 Å². The lowest BCUT2D eigenvalue weighted by atomic mass is 10.1. The van der Waals surface area contributed by atoms with Gasteiger partial charge in [0.1, 0.15) is 0 Å². The Hall–Kier alpha value is -2.82. The first-order valence-electron chi connectivity index (χ1n) is 8.52. The number of nitrogens with zero attached hydrogens (tertiary/aromatic N) is 1. The van der Waals surface area contributed by atoms with Gasteiger partial charge < -0.3 is 16.0 Å². The van der Waals surface area contributed by atoms with Crippen LogP contribution in [-0.2, 0) is 11.2 Å².